The summed E-state index contributed by atoms with van der Waals surface area (Å²) in [6, 6.07) is 5.68. The first-order valence-electron chi connectivity index (χ1n) is 10.2. The van der Waals surface area contributed by atoms with E-state index in [4.69, 9.17) is 19.2 Å². The van der Waals surface area contributed by atoms with Crippen LogP contribution in [-0.2, 0) is 9.53 Å². The van der Waals surface area contributed by atoms with E-state index in [0.29, 0.717) is 38.8 Å². The van der Waals surface area contributed by atoms with Gasteiger partial charge in [-0.05, 0) is 38.0 Å². The minimum Gasteiger partial charge on any atom is -0.486 e. The number of ether oxygens (including phenoxy) is 3. The van der Waals surface area contributed by atoms with Crippen LogP contribution in [0.15, 0.2) is 23.6 Å². The second kappa shape index (κ2) is 9.34. The molecule has 1 fully saturated rings. The highest BCUT2D eigenvalue weighted by molar-refractivity contribution is 7.10. The van der Waals surface area contributed by atoms with Gasteiger partial charge in [0.25, 0.3) is 0 Å². The summed E-state index contributed by atoms with van der Waals surface area (Å²) in [6.45, 7) is 4.36. The summed E-state index contributed by atoms with van der Waals surface area (Å²) in [5.74, 6) is 1.44. The molecular formula is C21H25N3O5S. The number of hydrogen-bond donors (Lipinski definition) is 1. The molecule has 0 aliphatic carbocycles. The lowest BCUT2D eigenvalue weighted by molar-refractivity contribution is -0.141. The van der Waals surface area contributed by atoms with E-state index in [-0.39, 0.29) is 12.6 Å². The van der Waals surface area contributed by atoms with Crippen molar-refractivity contribution in [3.05, 3.63) is 28.6 Å². The highest BCUT2D eigenvalue weighted by Gasteiger charge is 2.26. The molecule has 2 aromatic rings. The second-order valence-corrected chi connectivity index (χ2v) is 8.04. The van der Waals surface area contributed by atoms with E-state index in [2.05, 4.69) is 10.7 Å². The number of piperidine rings is 1. The van der Waals surface area contributed by atoms with Gasteiger partial charge in [-0.15, -0.1) is 11.3 Å². The van der Waals surface area contributed by atoms with Gasteiger partial charge in [-0.25, -0.2) is 9.78 Å². The Morgan fingerprint density at radius 2 is 2.00 bits per heavy atom. The lowest BCUT2D eigenvalue weighted by Crippen LogP contribution is -2.45. The second-order valence-electron chi connectivity index (χ2n) is 7.15. The Kier molecular flexibility index (Phi) is 6.37. The molecule has 0 atom stereocenters. The predicted molar refractivity (Wildman–Crippen MR) is 112 cm³/mol. The number of amides is 2. The standard InChI is InChI=1S/C21H25N3O5S/c1-2-27-19(25)12-22-21(26)24-7-5-14(6-8-24)20-23-16(13-30-20)15-3-4-17-18(11-15)29-10-9-28-17/h3-4,11,13-14H,2,5-10,12H2,1H3,(H,22,26). The number of nitrogens with one attached hydrogen (secondary N) is 1. The smallest absolute Gasteiger partial charge is 0.325 e. The number of nitrogens with zero attached hydrogens (tertiary/aromatic N) is 2. The van der Waals surface area contributed by atoms with E-state index in [9.17, 15) is 9.59 Å². The van der Waals surface area contributed by atoms with Crippen molar-refractivity contribution in [2.45, 2.75) is 25.7 Å². The maximum Gasteiger partial charge on any atom is 0.325 e. The quantitative estimate of drug-likeness (QED) is 0.732. The first-order valence-corrected chi connectivity index (χ1v) is 11.1. The average molecular weight is 432 g/mol. The molecule has 4 rings (SSSR count). The zero-order valence-electron chi connectivity index (χ0n) is 16.9. The number of hydrogen-bond acceptors (Lipinski definition) is 7. The van der Waals surface area contributed by atoms with Gasteiger partial charge < -0.3 is 24.4 Å². The first-order chi connectivity index (χ1) is 14.6. The zero-order valence-corrected chi connectivity index (χ0v) is 17.7. The van der Waals surface area contributed by atoms with Crippen molar-refractivity contribution in [1.29, 1.82) is 0 Å². The number of fused-ring (bicyclic) bond motifs is 1. The van der Waals surface area contributed by atoms with Crippen molar-refractivity contribution in [3.8, 4) is 22.8 Å². The number of esters is 1. The summed E-state index contributed by atoms with van der Waals surface area (Å²) in [4.78, 5) is 30.2. The summed E-state index contributed by atoms with van der Waals surface area (Å²) in [5, 5.41) is 5.78. The minimum absolute atomic E-state index is 0.0992. The molecule has 2 aliphatic heterocycles. The maximum atomic E-state index is 12.2. The lowest BCUT2D eigenvalue weighted by atomic mass is 9.98. The van der Waals surface area contributed by atoms with Gasteiger partial charge in [0.15, 0.2) is 11.5 Å². The number of thiazole rings is 1. The van der Waals surface area contributed by atoms with Crippen LogP contribution in [0.4, 0.5) is 4.79 Å². The van der Waals surface area contributed by atoms with E-state index in [1.807, 2.05) is 18.2 Å². The van der Waals surface area contributed by atoms with Crippen molar-refractivity contribution in [3.63, 3.8) is 0 Å². The molecular weight excluding hydrogens is 406 g/mol. The Balaban J connectivity index is 1.32. The Bertz CT molecular complexity index is 908. The van der Waals surface area contributed by atoms with Gasteiger partial charge in [0.2, 0.25) is 0 Å². The molecule has 2 aliphatic rings. The molecule has 9 heteroatoms. The van der Waals surface area contributed by atoms with Crippen molar-refractivity contribution >= 4 is 23.3 Å². The topological polar surface area (TPSA) is 90.0 Å². The Morgan fingerprint density at radius 1 is 1.23 bits per heavy atom. The number of likely N-dealkylation sites (tertiary alicyclic amines) is 1. The Labute approximate surface area is 179 Å². The van der Waals surface area contributed by atoms with Crippen LogP contribution >= 0.6 is 11.3 Å². The van der Waals surface area contributed by atoms with Crippen molar-refractivity contribution in [1.82, 2.24) is 15.2 Å². The van der Waals surface area contributed by atoms with Gasteiger partial charge >= 0.3 is 12.0 Å². The molecule has 0 saturated carbocycles. The van der Waals surface area contributed by atoms with E-state index in [1.54, 1.807) is 23.2 Å². The number of benzene rings is 1. The van der Waals surface area contributed by atoms with E-state index in [0.717, 1.165) is 40.6 Å². The van der Waals surface area contributed by atoms with Crippen LogP contribution < -0.4 is 14.8 Å². The van der Waals surface area contributed by atoms with E-state index < -0.39 is 5.97 Å². The molecule has 3 heterocycles. The molecule has 1 aromatic carbocycles. The number of carbonyl (C=O) groups excluding carboxylic acids is 2. The van der Waals surface area contributed by atoms with Crippen LogP contribution in [0.3, 0.4) is 0 Å². The Morgan fingerprint density at radius 3 is 2.77 bits per heavy atom. The van der Waals surface area contributed by atoms with Crippen LogP contribution in [0.1, 0.15) is 30.7 Å². The summed E-state index contributed by atoms with van der Waals surface area (Å²) in [5.41, 5.74) is 1.94. The molecule has 0 bridgehead atoms. The summed E-state index contributed by atoms with van der Waals surface area (Å²) < 4.78 is 16.1. The number of carbonyl (C=O) groups is 2. The molecule has 8 nitrogen and oxygen atoms in total. The molecule has 0 radical (unpaired) electrons. The molecule has 2 amide bonds. The monoisotopic (exact) mass is 431 g/mol. The molecule has 30 heavy (non-hydrogen) atoms. The maximum absolute atomic E-state index is 12.2. The number of aromatic nitrogens is 1. The summed E-state index contributed by atoms with van der Waals surface area (Å²) in [6.07, 6.45) is 1.70. The highest BCUT2D eigenvalue weighted by Crippen LogP contribution is 2.37. The third-order valence-corrected chi connectivity index (χ3v) is 6.19. The fraction of sp³-hybridized carbons (Fsp3) is 0.476. The van der Waals surface area contributed by atoms with E-state index in [1.165, 1.54) is 0 Å². The van der Waals surface area contributed by atoms with Crippen molar-refractivity contribution < 1.29 is 23.8 Å². The van der Waals surface area contributed by atoms with Crippen LogP contribution in [0.25, 0.3) is 11.3 Å². The minimum atomic E-state index is -0.421. The van der Waals surface area contributed by atoms with Crippen molar-refractivity contribution in [2.24, 2.45) is 0 Å². The molecule has 0 unspecified atom stereocenters. The van der Waals surface area contributed by atoms with Crippen LogP contribution in [0.5, 0.6) is 11.5 Å². The highest BCUT2D eigenvalue weighted by atomic mass is 32.1. The third kappa shape index (κ3) is 4.67. The molecule has 1 saturated heterocycles. The molecule has 0 spiro atoms. The normalized spacial score (nSPS) is 16.2. The average Bonchev–Trinajstić information content (AvgIpc) is 3.28. The van der Waals surface area contributed by atoms with E-state index >= 15 is 0 Å². The van der Waals surface area contributed by atoms with Gasteiger partial charge in [0.1, 0.15) is 19.8 Å². The van der Waals surface area contributed by atoms with Crippen molar-refractivity contribution in [2.75, 3.05) is 39.5 Å². The Hall–Kier alpha value is -2.81. The van der Waals surface area contributed by atoms with Gasteiger partial charge in [0, 0.05) is 30.0 Å². The number of rotatable bonds is 5. The van der Waals surface area contributed by atoms with Crippen LogP contribution in [0, 0.1) is 0 Å². The largest absolute Gasteiger partial charge is 0.486 e. The fourth-order valence-corrected chi connectivity index (χ4v) is 4.61. The van der Waals surface area contributed by atoms with Gasteiger partial charge in [-0.1, -0.05) is 0 Å². The molecule has 160 valence electrons. The fourth-order valence-electron chi connectivity index (χ4n) is 3.61. The zero-order chi connectivity index (χ0) is 20.9. The number of urea groups is 1. The van der Waals surface area contributed by atoms with Gasteiger partial charge in [0.05, 0.1) is 17.3 Å². The summed E-state index contributed by atoms with van der Waals surface area (Å²) >= 11 is 1.65. The first kappa shape index (κ1) is 20.5. The van der Waals surface area contributed by atoms with Crippen LogP contribution in [-0.4, -0.2) is 61.3 Å². The predicted octanol–water partition coefficient (Wildman–Crippen LogP) is 3.03. The molecule has 1 aromatic heterocycles. The van der Waals surface area contributed by atoms with Gasteiger partial charge in [-0.2, -0.15) is 0 Å². The molecule has 1 N–H and O–H groups in total. The van der Waals surface area contributed by atoms with Crippen LogP contribution in [0.2, 0.25) is 0 Å². The summed E-state index contributed by atoms with van der Waals surface area (Å²) in [7, 11) is 0. The lowest BCUT2D eigenvalue weighted by Gasteiger charge is -2.31. The SMILES string of the molecule is CCOC(=O)CNC(=O)N1CCC(c2nc(-c3ccc4c(c3)OCCO4)cs2)CC1. The van der Waals surface area contributed by atoms with Gasteiger partial charge in [-0.3, -0.25) is 4.79 Å². The third-order valence-electron chi connectivity index (χ3n) is 5.18.